The Balaban J connectivity index is 1.93. The van der Waals surface area contributed by atoms with Gasteiger partial charge in [0.25, 0.3) is 0 Å². The summed E-state index contributed by atoms with van der Waals surface area (Å²) in [6, 6.07) is 1.93. The van der Waals surface area contributed by atoms with Crippen molar-refractivity contribution in [2.75, 3.05) is 5.73 Å². The number of hydrogen-bond acceptors (Lipinski definition) is 2. The minimum absolute atomic E-state index is 0.711. The summed E-state index contributed by atoms with van der Waals surface area (Å²) in [5.41, 5.74) is 8.24. The van der Waals surface area contributed by atoms with Crippen LogP contribution >= 0.6 is 0 Å². The highest BCUT2D eigenvalue weighted by Crippen LogP contribution is 2.53. The maximum Gasteiger partial charge on any atom is 0.0380 e. The Kier molecular flexibility index (Phi) is 1.76. The molecule has 0 amide bonds. The third-order valence-electron chi connectivity index (χ3n) is 4.02. The SMILES string of the molecule is Nc1ccncc1C1CC2CCC1C2. The highest BCUT2D eigenvalue weighted by Gasteiger charge is 2.40. The molecule has 0 radical (unpaired) electrons. The Labute approximate surface area is 84.5 Å². The molecule has 0 aliphatic heterocycles. The average molecular weight is 188 g/mol. The second-order valence-corrected chi connectivity index (χ2v) is 4.79. The van der Waals surface area contributed by atoms with E-state index in [0.717, 1.165) is 17.5 Å². The molecular formula is C12H16N2. The molecule has 0 saturated heterocycles. The molecule has 2 bridgehead atoms. The number of aromatic nitrogens is 1. The third kappa shape index (κ3) is 1.13. The molecule has 1 aromatic heterocycles. The Hall–Kier alpha value is -1.05. The van der Waals surface area contributed by atoms with E-state index in [2.05, 4.69) is 4.98 Å². The molecule has 2 saturated carbocycles. The van der Waals surface area contributed by atoms with Crippen molar-refractivity contribution in [1.82, 2.24) is 4.98 Å². The first kappa shape index (κ1) is 8.27. The normalized spacial score (nSPS) is 35.0. The van der Waals surface area contributed by atoms with Crippen LogP contribution in [-0.4, -0.2) is 4.98 Å². The smallest absolute Gasteiger partial charge is 0.0380 e. The Morgan fingerprint density at radius 1 is 1.29 bits per heavy atom. The first-order valence-electron chi connectivity index (χ1n) is 5.54. The molecule has 3 rings (SSSR count). The summed E-state index contributed by atoms with van der Waals surface area (Å²) in [5, 5.41) is 0. The predicted octanol–water partition coefficient (Wildman–Crippen LogP) is 2.57. The van der Waals surface area contributed by atoms with Crippen molar-refractivity contribution < 1.29 is 0 Å². The number of anilines is 1. The summed E-state index contributed by atoms with van der Waals surface area (Å²) in [6.07, 6.45) is 9.39. The van der Waals surface area contributed by atoms with Crippen molar-refractivity contribution in [3.63, 3.8) is 0 Å². The summed E-state index contributed by atoms with van der Waals surface area (Å²) in [4.78, 5) is 4.19. The first-order valence-corrected chi connectivity index (χ1v) is 5.54. The summed E-state index contributed by atoms with van der Waals surface area (Å²) in [7, 11) is 0. The molecule has 2 aliphatic carbocycles. The molecule has 2 nitrogen and oxygen atoms in total. The van der Waals surface area contributed by atoms with Crippen LogP contribution in [-0.2, 0) is 0 Å². The summed E-state index contributed by atoms with van der Waals surface area (Å²) >= 11 is 0. The van der Waals surface area contributed by atoms with E-state index in [4.69, 9.17) is 5.73 Å². The number of nitrogens with zero attached hydrogens (tertiary/aromatic N) is 1. The number of rotatable bonds is 1. The van der Waals surface area contributed by atoms with Gasteiger partial charge in [-0.1, -0.05) is 6.42 Å². The second kappa shape index (κ2) is 2.97. The Morgan fingerprint density at radius 2 is 2.21 bits per heavy atom. The van der Waals surface area contributed by atoms with E-state index >= 15 is 0 Å². The molecule has 3 unspecified atom stereocenters. The van der Waals surface area contributed by atoms with Crippen LogP contribution in [0.25, 0.3) is 0 Å². The quantitative estimate of drug-likeness (QED) is 0.735. The topological polar surface area (TPSA) is 38.9 Å². The van der Waals surface area contributed by atoms with Gasteiger partial charge in [-0.05, 0) is 48.6 Å². The number of nitrogen functional groups attached to an aromatic ring is 1. The minimum Gasteiger partial charge on any atom is -0.398 e. The van der Waals surface area contributed by atoms with E-state index in [9.17, 15) is 0 Å². The molecule has 14 heavy (non-hydrogen) atoms. The minimum atomic E-state index is 0.711. The van der Waals surface area contributed by atoms with Crippen LogP contribution in [0.3, 0.4) is 0 Å². The van der Waals surface area contributed by atoms with Crippen molar-refractivity contribution in [3.8, 4) is 0 Å². The fourth-order valence-corrected chi connectivity index (χ4v) is 3.35. The van der Waals surface area contributed by atoms with Gasteiger partial charge in [0.15, 0.2) is 0 Å². The van der Waals surface area contributed by atoms with Crippen molar-refractivity contribution in [1.29, 1.82) is 0 Å². The lowest BCUT2D eigenvalue weighted by Crippen LogP contribution is -2.10. The highest BCUT2D eigenvalue weighted by atomic mass is 14.7. The van der Waals surface area contributed by atoms with Crippen molar-refractivity contribution in [3.05, 3.63) is 24.0 Å². The highest BCUT2D eigenvalue weighted by molar-refractivity contribution is 5.47. The summed E-state index contributed by atoms with van der Waals surface area (Å²) < 4.78 is 0. The molecule has 2 heteroatoms. The fraction of sp³-hybridized carbons (Fsp3) is 0.583. The largest absolute Gasteiger partial charge is 0.398 e. The Bertz CT molecular complexity index is 348. The zero-order valence-electron chi connectivity index (χ0n) is 8.32. The molecule has 74 valence electrons. The van der Waals surface area contributed by atoms with E-state index in [-0.39, 0.29) is 0 Å². The molecule has 2 fully saturated rings. The van der Waals surface area contributed by atoms with E-state index in [1.54, 1.807) is 6.20 Å². The maximum absolute atomic E-state index is 5.99. The van der Waals surface area contributed by atoms with Gasteiger partial charge in [-0.3, -0.25) is 4.98 Å². The van der Waals surface area contributed by atoms with Crippen molar-refractivity contribution in [2.24, 2.45) is 11.8 Å². The third-order valence-corrected chi connectivity index (χ3v) is 4.02. The van der Waals surface area contributed by atoms with Crippen LogP contribution in [0.1, 0.15) is 37.2 Å². The van der Waals surface area contributed by atoms with Gasteiger partial charge in [-0.15, -0.1) is 0 Å². The van der Waals surface area contributed by atoms with Gasteiger partial charge >= 0.3 is 0 Å². The standard InChI is InChI=1S/C12H16N2/c13-12-3-4-14-7-11(12)10-6-8-1-2-9(10)5-8/h3-4,7-10H,1-2,5-6H2,(H2,13,14). The lowest BCUT2D eigenvalue weighted by Gasteiger charge is -2.22. The van der Waals surface area contributed by atoms with E-state index < -0.39 is 0 Å². The van der Waals surface area contributed by atoms with Crippen LogP contribution in [0.15, 0.2) is 18.5 Å². The summed E-state index contributed by atoms with van der Waals surface area (Å²) in [6.45, 7) is 0. The molecule has 1 heterocycles. The lowest BCUT2D eigenvalue weighted by molar-refractivity contribution is 0.420. The number of hydrogen-bond donors (Lipinski definition) is 1. The fourth-order valence-electron chi connectivity index (χ4n) is 3.35. The molecular weight excluding hydrogens is 172 g/mol. The van der Waals surface area contributed by atoms with E-state index in [1.807, 2.05) is 12.3 Å². The number of nitrogens with two attached hydrogens (primary N) is 1. The van der Waals surface area contributed by atoms with Crippen molar-refractivity contribution >= 4 is 5.69 Å². The number of pyridine rings is 1. The van der Waals surface area contributed by atoms with Gasteiger partial charge in [0.05, 0.1) is 0 Å². The van der Waals surface area contributed by atoms with Crippen LogP contribution in [0.5, 0.6) is 0 Å². The van der Waals surface area contributed by atoms with Crippen LogP contribution in [0.2, 0.25) is 0 Å². The van der Waals surface area contributed by atoms with Gasteiger partial charge in [0.1, 0.15) is 0 Å². The lowest BCUT2D eigenvalue weighted by atomic mass is 9.83. The zero-order valence-corrected chi connectivity index (χ0v) is 8.32. The first-order chi connectivity index (χ1) is 6.84. The van der Waals surface area contributed by atoms with Gasteiger partial charge in [0, 0.05) is 18.1 Å². The molecule has 0 spiro atoms. The predicted molar refractivity (Wildman–Crippen MR) is 56.8 cm³/mol. The van der Waals surface area contributed by atoms with Gasteiger partial charge < -0.3 is 5.73 Å². The molecule has 3 atom stereocenters. The zero-order chi connectivity index (χ0) is 9.54. The van der Waals surface area contributed by atoms with E-state index in [1.165, 1.54) is 31.2 Å². The Morgan fingerprint density at radius 3 is 2.86 bits per heavy atom. The number of fused-ring (bicyclic) bond motifs is 2. The second-order valence-electron chi connectivity index (χ2n) is 4.79. The molecule has 2 N–H and O–H groups in total. The van der Waals surface area contributed by atoms with Crippen molar-refractivity contribution in [2.45, 2.75) is 31.6 Å². The maximum atomic E-state index is 5.99. The molecule has 1 aromatic rings. The summed E-state index contributed by atoms with van der Waals surface area (Å²) in [5.74, 6) is 2.58. The van der Waals surface area contributed by atoms with E-state index in [0.29, 0.717) is 5.92 Å². The molecule has 2 aliphatic rings. The molecule has 0 aromatic carbocycles. The van der Waals surface area contributed by atoms with Gasteiger partial charge in [-0.2, -0.15) is 0 Å². The van der Waals surface area contributed by atoms with Gasteiger partial charge in [-0.25, -0.2) is 0 Å². The van der Waals surface area contributed by atoms with Crippen LogP contribution < -0.4 is 5.73 Å². The monoisotopic (exact) mass is 188 g/mol. The van der Waals surface area contributed by atoms with Gasteiger partial charge in [0.2, 0.25) is 0 Å². The van der Waals surface area contributed by atoms with Crippen LogP contribution in [0, 0.1) is 11.8 Å². The van der Waals surface area contributed by atoms with Crippen LogP contribution in [0.4, 0.5) is 5.69 Å². The average Bonchev–Trinajstić information content (AvgIpc) is 2.79.